The van der Waals surface area contributed by atoms with Gasteiger partial charge in [0.15, 0.2) is 0 Å². The summed E-state index contributed by atoms with van der Waals surface area (Å²) in [7, 11) is 0. The Morgan fingerprint density at radius 1 is 1.10 bits per heavy atom. The highest BCUT2D eigenvalue weighted by atomic mass is 16.2. The second-order valence-electron chi connectivity index (χ2n) is 5.05. The fourth-order valence-corrected chi connectivity index (χ4v) is 2.32. The van der Waals surface area contributed by atoms with E-state index >= 15 is 0 Å². The van der Waals surface area contributed by atoms with Crippen LogP contribution in [-0.4, -0.2) is 11.9 Å². The lowest BCUT2D eigenvalue weighted by Crippen LogP contribution is -2.19. The van der Waals surface area contributed by atoms with Gasteiger partial charge in [0.1, 0.15) is 0 Å². The Labute approximate surface area is 122 Å². The Hall–Kier alpha value is -2.82. The van der Waals surface area contributed by atoms with Crippen LogP contribution in [0.25, 0.3) is 0 Å². The summed E-state index contributed by atoms with van der Waals surface area (Å²) in [5, 5.41) is 8.30. The summed E-state index contributed by atoms with van der Waals surface area (Å²) in [6, 6.07) is 12.6. The molecule has 0 saturated carbocycles. The first-order chi connectivity index (χ1) is 10.1. The van der Waals surface area contributed by atoms with Crippen LogP contribution in [0.1, 0.15) is 11.1 Å². The predicted octanol–water partition coefficient (Wildman–Crippen LogP) is 3.13. The van der Waals surface area contributed by atoms with Gasteiger partial charge in [0.25, 0.3) is 0 Å². The normalized spacial score (nSPS) is 12.5. The van der Waals surface area contributed by atoms with Crippen LogP contribution in [0.4, 0.5) is 21.9 Å². The fourth-order valence-electron chi connectivity index (χ4n) is 2.32. The number of fused-ring (bicyclic) bond motifs is 1. The van der Waals surface area contributed by atoms with Crippen LogP contribution < -0.4 is 16.0 Å². The molecule has 3 N–H and O–H groups in total. The van der Waals surface area contributed by atoms with Crippen molar-refractivity contribution in [1.29, 1.82) is 0 Å². The molecule has 2 aromatic carbocycles. The van der Waals surface area contributed by atoms with Crippen LogP contribution in [0.15, 0.2) is 42.5 Å². The van der Waals surface area contributed by atoms with Crippen molar-refractivity contribution in [3.05, 3.63) is 53.6 Å². The second kappa shape index (κ2) is 5.28. The number of anilines is 3. The number of amides is 3. The molecule has 0 unspecified atom stereocenters. The number of rotatable bonds is 2. The van der Waals surface area contributed by atoms with Crippen molar-refractivity contribution in [1.82, 2.24) is 0 Å². The van der Waals surface area contributed by atoms with E-state index in [0.29, 0.717) is 12.1 Å². The molecule has 106 valence electrons. The van der Waals surface area contributed by atoms with E-state index in [0.717, 1.165) is 22.5 Å². The molecule has 0 aromatic heterocycles. The molecule has 0 radical (unpaired) electrons. The predicted molar refractivity (Wildman–Crippen MR) is 82.6 cm³/mol. The van der Waals surface area contributed by atoms with Crippen molar-refractivity contribution in [3.8, 4) is 0 Å². The zero-order valence-electron chi connectivity index (χ0n) is 11.6. The average molecular weight is 281 g/mol. The average Bonchev–Trinajstić information content (AvgIpc) is 2.78. The monoisotopic (exact) mass is 281 g/mol. The van der Waals surface area contributed by atoms with Crippen LogP contribution >= 0.6 is 0 Å². The molecule has 3 rings (SSSR count). The van der Waals surface area contributed by atoms with Crippen LogP contribution in [0.2, 0.25) is 0 Å². The highest BCUT2D eigenvalue weighted by molar-refractivity contribution is 6.02. The number of hydrogen-bond acceptors (Lipinski definition) is 2. The lowest BCUT2D eigenvalue weighted by Gasteiger charge is -2.09. The summed E-state index contributed by atoms with van der Waals surface area (Å²) in [5.41, 5.74) is 4.19. The zero-order chi connectivity index (χ0) is 14.8. The maximum absolute atomic E-state index is 12.0. The van der Waals surface area contributed by atoms with Gasteiger partial charge in [-0.1, -0.05) is 12.1 Å². The van der Waals surface area contributed by atoms with Crippen molar-refractivity contribution in [2.24, 2.45) is 0 Å². The summed E-state index contributed by atoms with van der Waals surface area (Å²) in [6.07, 6.45) is 0.352. The molecule has 1 heterocycles. The summed E-state index contributed by atoms with van der Waals surface area (Å²) < 4.78 is 0. The third kappa shape index (κ3) is 3.02. The third-order valence-corrected chi connectivity index (χ3v) is 3.26. The van der Waals surface area contributed by atoms with Crippen LogP contribution in [0, 0.1) is 6.92 Å². The molecule has 0 fully saturated rings. The van der Waals surface area contributed by atoms with Crippen molar-refractivity contribution >= 4 is 29.0 Å². The Bertz CT molecular complexity index is 725. The van der Waals surface area contributed by atoms with E-state index in [1.807, 2.05) is 37.3 Å². The van der Waals surface area contributed by atoms with Gasteiger partial charge in [-0.3, -0.25) is 4.79 Å². The molecule has 1 aliphatic heterocycles. The van der Waals surface area contributed by atoms with Gasteiger partial charge in [0, 0.05) is 17.1 Å². The number of benzene rings is 2. The molecule has 5 nitrogen and oxygen atoms in total. The summed E-state index contributed by atoms with van der Waals surface area (Å²) in [5.74, 6) is -0.0219. The molecule has 1 aliphatic rings. The lowest BCUT2D eigenvalue weighted by atomic mass is 10.1. The number of carbonyl (C=O) groups is 2. The largest absolute Gasteiger partial charge is 0.326 e. The number of aryl methyl sites for hydroxylation is 1. The molecule has 3 amide bonds. The van der Waals surface area contributed by atoms with Crippen LogP contribution in [0.5, 0.6) is 0 Å². The molecule has 2 aromatic rings. The first kappa shape index (κ1) is 13.2. The van der Waals surface area contributed by atoms with E-state index in [4.69, 9.17) is 0 Å². The van der Waals surface area contributed by atoms with E-state index in [9.17, 15) is 9.59 Å². The number of urea groups is 1. The SMILES string of the molecule is Cc1cccc(NC(=O)Nc2ccc3c(c2)CC(=O)N3)c1. The standard InChI is InChI=1S/C16H15N3O2/c1-10-3-2-4-12(7-10)17-16(21)18-13-5-6-14-11(8-13)9-15(20)19-14/h2-8H,9H2,1H3,(H,19,20)(H2,17,18,21). The lowest BCUT2D eigenvalue weighted by molar-refractivity contribution is -0.115. The number of carbonyl (C=O) groups excluding carboxylic acids is 2. The van der Waals surface area contributed by atoms with Crippen LogP contribution in [0.3, 0.4) is 0 Å². The molecule has 0 spiro atoms. The molecule has 21 heavy (non-hydrogen) atoms. The Morgan fingerprint density at radius 2 is 1.86 bits per heavy atom. The first-order valence-electron chi connectivity index (χ1n) is 6.67. The number of nitrogens with one attached hydrogen (secondary N) is 3. The maximum atomic E-state index is 12.0. The molecule has 0 saturated heterocycles. The molecule has 5 heteroatoms. The van der Waals surface area contributed by atoms with Gasteiger partial charge >= 0.3 is 6.03 Å². The number of hydrogen-bond donors (Lipinski definition) is 3. The van der Waals surface area contributed by atoms with E-state index in [2.05, 4.69) is 16.0 Å². The van der Waals surface area contributed by atoms with Gasteiger partial charge in [-0.05, 0) is 48.4 Å². The Kier molecular flexibility index (Phi) is 3.31. The van der Waals surface area contributed by atoms with E-state index in [1.54, 1.807) is 12.1 Å². The summed E-state index contributed by atoms with van der Waals surface area (Å²) >= 11 is 0. The van der Waals surface area contributed by atoms with E-state index in [1.165, 1.54) is 0 Å². The van der Waals surface area contributed by atoms with Gasteiger partial charge in [-0.25, -0.2) is 4.79 Å². The van der Waals surface area contributed by atoms with E-state index < -0.39 is 0 Å². The topological polar surface area (TPSA) is 70.2 Å². The first-order valence-corrected chi connectivity index (χ1v) is 6.67. The van der Waals surface area contributed by atoms with E-state index in [-0.39, 0.29) is 11.9 Å². The van der Waals surface area contributed by atoms with Crippen LogP contribution in [-0.2, 0) is 11.2 Å². The second-order valence-corrected chi connectivity index (χ2v) is 5.05. The quantitative estimate of drug-likeness (QED) is 0.791. The Morgan fingerprint density at radius 3 is 2.62 bits per heavy atom. The summed E-state index contributed by atoms with van der Waals surface area (Å²) in [4.78, 5) is 23.2. The van der Waals surface area contributed by atoms with Gasteiger partial charge in [-0.2, -0.15) is 0 Å². The molecule has 0 atom stereocenters. The van der Waals surface area contributed by atoms with Gasteiger partial charge in [0.05, 0.1) is 6.42 Å². The molecular weight excluding hydrogens is 266 g/mol. The Balaban J connectivity index is 1.68. The fraction of sp³-hybridized carbons (Fsp3) is 0.125. The van der Waals surface area contributed by atoms with Gasteiger partial charge in [-0.15, -0.1) is 0 Å². The highest BCUT2D eigenvalue weighted by Gasteiger charge is 2.17. The highest BCUT2D eigenvalue weighted by Crippen LogP contribution is 2.26. The summed E-state index contributed by atoms with van der Waals surface area (Å²) in [6.45, 7) is 1.97. The minimum atomic E-state index is -0.308. The maximum Gasteiger partial charge on any atom is 0.323 e. The minimum absolute atomic E-state index is 0.0219. The van der Waals surface area contributed by atoms with Crippen molar-refractivity contribution in [2.75, 3.05) is 16.0 Å². The van der Waals surface area contributed by atoms with Crippen molar-refractivity contribution in [3.63, 3.8) is 0 Å². The van der Waals surface area contributed by atoms with Gasteiger partial charge < -0.3 is 16.0 Å². The van der Waals surface area contributed by atoms with Gasteiger partial charge in [0.2, 0.25) is 5.91 Å². The molecule has 0 aliphatic carbocycles. The zero-order valence-corrected chi connectivity index (χ0v) is 11.6. The molecule has 0 bridgehead atoms. The smallest absolute Gasteiger partial charge is 0.323 e. The third-order valence-electron chi connectivity index (χ3n) is 3.26. The minimum Gasteiger partial charge on any atom is -0.326 e. The van der Waals surface area contributed by atoms with Crippen molar-refractivity contribution < 1.29 is 9.59 Å². The molecular formula is C16H15N3O2. The van der Waals surface area contributed by atoms with Crippen molar-refractivity contribution in [2.45, 2.75) is 13.3 Å².